The molecule has 0 atom stereocenters. The van der Waals surface area contributed by atoms with Gasteiger partial charge >= 0.3 is 6.36 Å². The van der Waals surface area contributed by atoms with Crippen molar-refractivity contribution in [3.63, 3.8) is 0 Å². The molecule has 0 fully saturated rings. The maximum absolute atomic E-state index is 13.3. The van der Waals surface area contributed by atoms with Gasteiger partial charge in [-0.2, -0.15) is 0 Å². The first-order valence-corrected chi connectivity index (χ1v) is 8.32. The van der Waals surface area contributed by atoms with Crippen LogP contribution in [0.5, 0.6) is 5.75 Å². The number of carbonyl (C=O) groups is 1. The van der Waals surface area contributed by atoms with Crippen LogP contribution in [-0.2, 0) is 6.54 Å². The van der Waals surface area contributed by atoms with Gasteiger partial charge in [-0.05, 0) is 54.1 Å². The monoisotopic (exact) mass is 406 g/mol. The fraction of sp³-hybridized carbons (Fsp3) is 0.100. The summed E-state index contributed by atoms with van der Waals surface area (Å²) in [5.41, 5.74) is -0.0276. The number of rotatable bonds is 5. The summed E-state index contributed by atoms with van der Waals surface area (Å²) in [6.07, 6.45) is -3.35. The normalized spacial score (nSPS) is 11.2. The first-order valence-electron chi connectivity index (χ1n) is 8.32. The van der Waals surface area contributed by atoms with Gasteiger partial charge in [0, 0.05) is 11.9 Å². The Hall–Kier alpha value is -3.62. The number of benzene rings is 2. The number of ether oxygens (including phenoxy) is 1. The van der Waals surface area contributed by atoms with Gasteiger partial charge in [0.25, 0.3) is 11.5 Å². The number of anilines is 1. The van der Waals surface area contributed by atoms with E-state index < -0.39 is 29.4 Å². The number of carbonyl (C=O) groups excluding carboxylic acids is 1. The highest BCUT2D eigenvalue weighted by Crippen LogP contribution is 2.24. The summed E-state index contributed by atoms with van der Waals surface area (Å²) in [5, 5.41) is 2.44. The summed E-state index contributed by atoms with van der Waals surface area (Å²) in [4.78, 5) is 25.0. The average molecular weight is 406 g/mol. The Kier molecular flexibility index (Phi) is 5.67. The maximum atomic E-state index is 13.3. The summed E-state index contributed by atoms with van der Waals surface area (Å²) in [6.45, 7) is 0.0706. The molecule has 0 unspecified atom stereocenters. The van der Waals surface area contributed by atoms with Gasteiger partial charge in [-0.25, -0.2) is 4.39 Å². The lowest BCUT2D eigenvalue weighted by Gasteiger charge is -2.11. The van der Waals surface area contributed by atoms with Gasteiger partial charge in [0.1, 0.15) is 17.1 Å². The number of halogens is 4. The van der Waals surface area contributed by atoms with E-state index in [0.717, 1.165) is 12.1 Å². The van der Waals surface area contributed by atoms with Crippen LogP contribution >= 0.6 is 0 Å². The summed E-state index contributed by atoms with van der Waals surface area (Å²) >= 11 is 0. The summed E-state index contributed by atoms with van der Waals surface area (Å²) < 4.78 is 54.9. The van der Waals surface area contributed by atoms with E-state index >= 15 is 0 Å². The number of aromatic nitrogens is 1. The van der Waals surface area contributed by atoms with Gasteiger partial charge in [0.2, 0.25) is 0 Å². The van der Waals surface area contributed by atoms with Crippen LogP contribution in [-0.4, -0.2) is 16.8 Å². The van der Waals surface area contributed by atoms with E-state index in [0.29, 0.717) is 5.56 Å². The molecule has 0 spiro atoms. The quantitative estimate of drug-likeness (QED) is 0.647. The first-order chi connectivity index (χ1) is 13.7. The van der Waals surface area contributed by atoms with E-state index in [9.17, 15) is 27.2 Å². The Bertz CT molecular complexity index is 1080. The highest BCUT2D eigenvalue weighted by Gasteiger charge is 2.31. The van der Waals surface area contributed by atoms with Crippen LogP contribution in [0, 0.1) is 5.82 Å². The molecule has 0 bridgehead atoms. The predicted molar refractivity (Wildman–Crippen MR) is 97.3 cm³/mol. The summed E-state index contributed by atoms with van der Waals surface area (Å²) in [5.74, 6) is -1.61. The summed E-state index contributed by atoms with van der Waals surface area (Å²) in [7, 11) is 0. The number of hydrogen-bond acceptors (Lipinski definition) is 3. The molecular formula is C20H14F4N2O3. The molecule has 150 valence electrons. The SMILES string of the molecule is O=C(Nc1ccc(OC(F)(F)F)cc1)c1cccn(Cc2cccc(F)c2)c1=O. The van der Waals surface area contributed by atoms with Gasteiger partial charge in [-0.1, -0.05) is 12.1 Å². The molecule has 2 aromatic carbocycles. The number of hydrogen-bond donors (Lipinski definition) is 1. The van der Waals surface area contributed by atoms with E-state index in [1.165, 1.54) is 53.2 Å². The zero-order chi connectivity index (χ0) is 21.0. The number of amides is 1. The zero-order valence-corrected chi connectivity index (χ0v) is 14.7. The molecule has 1 heterocycles. The standard InChI is InChI=1S/C20H14F4N2O3/c21-14-4-1-3-13(11-14)12-26-10-2-5-17(19(26)28)18(27)25-15-6-8-16(9-7-15)29-20(22,23)24/h1-11H,12H2,(H,25,27). The molecule has 1 aromatic heterocycles. The second-order valence-corrected chi connectivity index (χ2v) is 6.01. The molecular weight excluding hydrogens is 392 g/mol. The number of alkyl halides is 3. The third kappa shape index (κ3) is 5.44. The van der Waals surface area contributed by atoms with Gasteiger partial charge < -0.3 is 14.6 Å². The first kappa shape index (κ1) is 20.1. The van der Waals surface area contributed by atoms with Crippen molar-refractivity contribution in [1.29, 1.82) is 0 Å². The Morgan fingerprint density at radius 2 is 1.76 bits per heavy atom. The molecule has 3 aromatic rings. The molecule has 0 aliphatic rings. The summed E-state index contributed by atoms with van der Waals surface area (Å²) in [6, 6.07) is 13.0. The van der Waals surface area contributed by atoms with Crippen LogP contribution in [0.15, 0.2) is 71.7 Å². The van der Waals surface area contributed by atoms with Gasteiger partial charge in [-0.3, -0.25) is 9.59 Å². The molecule has 0 aliphatic heterocycles. The van der Waals surface area contributed by atoms with E-state index in [1.54, 1.807) is 6.07 Å². The van der Waals surface area contributed by atoms with Crippen molar-refractivity contribution in [3.05, 3.63) is 94.2 Å². The van der Waals surface area contributed by atoms with Gasteiger partial charge in [0.15, 0.2) is 0 Å². The van der Waals surface area contributed by atoms with E-state index in [1.807, 2.05) is 0 Å². The second-order valence-electron chi connectivity index (χ2n) is 6.01. The molecule has 1 N–H and O–H groups in total. The predicted octanol–water partition coefficient (Wildman–Crippen LogP) is 4.19. The minimum atomic E-state index is -4.82. The van der Waals surface area contributed by atoms with Crippen LogP contribution in [0.4, 0.5) is 23.2 Å². The Balaban J connectivity index is 1.75. The number of nitrogens with zero attached hydrogens (tertiary/aromatic N) is 1. The fourth-order valence-electron chi connectivity index (χ4n) is 2.60. The average Bonchev–Trinajstić information content (AvgIpc) is 2.64. The van der Waals surface area contributed by atoms with Crippen LogP contribution in [0.3, 0.4) is 0 Å². The van der Waals surface area contributed by atoms with Crippen molar-refractivity contribution in [3.8, 4) is 5.75 Å². The highest BCUT2D eigenvalue weighted by atomic mass is 19.4. The molecule has 3 rings (SSSR count). The maximum Gasteiger partial charge on any atom is 0.573 e. The lowest BCUT2D eigenvalue weighted by molar-refractivity contribution is -0.274. The highest BCUT2D eigenvalue weighted by molar-refractivity contribution is 6.04. The molecule has 9 heteroatoms. The molecule has 29 heavy (non-hydrogen) atoms. The topological polar surface area (TPSA) is 60.3 Å². The van der Waals surface area contributed by atoms with Crippen LogP contribution in [0.1, 0.15) is 15.9 Å². The van der Waals surface area contributed by atoms with Crippen molar-refractivity contribution in [2.75, 3.05) is 5.32 Å². The lowest BCUT2D eigenvalue weighted by Crippen LogP contribution is -2.29. The number of nitrogens with one attached hydrogen (secondary N) is 1. The minimum Gasteiger partial charge on any atom is -0.406 e. The lowest BCUT2D eigenvalue weighted by atomic mass is 10.2. The van der Waals surface area contributed by atoms with E-state index in [2.05, 4.69) is 10.1 Å². The largest absolute Gasteiger partial charge is 0.573 e. The fourth-order valence-corrected chi connectivity index (χ4v) is 2.60. The molecule has 0 saturated heterocycles. The smallest absolute Gasteiger partial charge is 0.406 e. The van der Waals surface area contributed by atoms with Crippen molar-refractivity contribution >= 4 is 11.6 Å². The Morgan fingerprint density at radius 3 is 2.41 bits per heavy atom. The van der Waals surface area contributed by atoms with Crippen LogP contribution < -0.4 is 15.6 Å². The van der Waals surface area contributed by atoms with E-state index in [4.69, 9.17) is 0 Å². The van der Waals surface area contributed by atoms with Crippen molar-refractivity contribution in [2.45, 2.75) is 12.9 Å². The van der Waals surface area contributed by atoms with Gasteiger partial charge in [0.05, 0.1) is 6.54 Å². The molecule has 0 radical (unpaired) electrons. The Labute approximate surface area is 162 Å². The minimum absolute atomic E-state index is 0.0706. The zero-order valence-electron chi connectivity index (χ0n) is 14.7. The van der Waals surface area contributed by atoms with E-state index in [-0.39, 0.29) is 17.8 Å². The molecule has 5 nitrogen and oxygen atoms in total. The second kappa shape index (κ2) is 8.17. The third-order valence-corrected chi connectivity index (χ3v) is 3.85. The molecule has 0 aliphatic carbocycles. The Morgan fingerprint density at radius 1 is 1.03 bits per heavy atom. The number of pyridine rings is 1. The molecule has 0 saturated carbocycles. The van der Waals surface area contributed by atoms with Crippen molar-refractivity contribution in [1.82, 2.24) is 4.57 Å². The van der Waals surface area contributed by atoms with Crippen LogP contribution in [0.25, 0.3) is 0 Å². The molecule has 1 amide bonds. The van der Waals surface area contributed by atoms with Crippen LogP contribution in [0.2, 0.25) is 0 Å². The van der Waals surface area contributed by atoms with Crippen molar-refractivity contribution in [2.24, 2.45) is 0 Å². The van der Waals surface area contributed by atoms with Gasteiger partial charge in [-0.15, -0.1) is 13.2 Å². The third-order valence-electron chi connectivity index (χ3n) is 3.85. The van der Waals surface area contributed by atoms with Crippen molar-refractivity contribution < 1.29 is 27.1 Å².